The molecule has 1 saturated carbocycles. The minimum absolute atomic E-state index is 0.00175. The quantitative estimate of drug-likeness (QED) is 0.580. The Bertz CT molecular complexity index is 509. The van der Waals surface area contributed by atoms with E-state index in [1.165, 1.54) is 0 Å². The first-order valence-corrected chi connectivity index (χ1v) is 7.10. The van der Waals surface area contributed by atoms with Gasteiger partial charge in [0.1, 0.15) is 5.69 Å². The SMILES string of the molecule is CC1(C)CC(Nc2c(F)c(F)cc(F)c2F)CC(C)(C)C1. The Morgan fingerprint density at radius 2 is 1.33 bits per heavy atom. The predicted octanol–water partition coefficient (Wildman–Crippen LogP) is 5.26. The maximum atomic E-state index is 13.7. The maximum Gasteiger partial charge on any atom is 0.185 e. The standard InChI is InChI=1S/C16H21F4N/c1-15(2)6-9(7-16(3,4)8-15)21-14-12(19)10(17)5-11(18)13(14)20/h5,9,21H,6-8H2,1-4H3. The third-order valence-corrected chi connectivity index (χ3v) is 4.02. The normalized spacial score (nSPS) is 21.3. The van der Waals surface area contributed by atoms with E-state index in [1.54, 1.807) is 0 Å². The van der Waals surface area contributed by atoms with Gasteiger partial charge in [-0.15, -0.1) is 0 Å². The molecule has 1 fully saturated rings. The van der Waals surface area contributed by atoms with Crippen LogP contribution in [0.15, 0.2) is 6.07 Å². The van der Waals surface area contributed by atoms with Crippen LogP contribution in [0.2, 0.25) is 0 Å². The fourth-order valence-corrected chi connectivity index (χ4v) is 3.85. The van der Waals surface area contributed by atoms with Gasteiger partial charge < -0.3 is 5.32 Å². The Morgan fingerprint density at radius 3 is 1.76 bits per heavy atom. The van der Waals surface area contributed by atoms with E-state index in [2.05, 4.69) is 33.0 Å². The second-order valence-electron chi connectivity index (χ2n) is 7.60. The molecule has 1 aliphatic carbocycles. The number of halogens is 4. The molecule has 0 unspecified atom stereocenters. The van der Waals surface area contributed by atoms with Crippen molar-refractivity contribution >= 4 is 5.69 Å². The van der Waals surface area contributed by atoms with Crippen LogP contribution in [0.4, 0.5) is 23.2 Å². The first kappa shape index (κ1) is 16.1. The number of hydrogen-bond acceptors (Lipinski definition) is 1. The van der Waals surface area contributed by atoms with E-state index >= 15 is 0 Å². The van der Waals surface area contributed by atoms with E-state index in [0.29, 0.717) is 12.8 Å². The summed E-state index contributed by atoms with van der Waals surface area (Å²) in [5.41, 5.74) is -0.706. The number of rotatable bonds is 2. The van der Waals surface area contributed by atoms with Crippen LogP contribution in [0.3, 0.4) is 0 Å². The lowest BCUT2D eigenvalue weighted by Crippen LogP contribution is -2.40. The molecule has 0 heterocycles. The maximum absolute atomic E-state index is 13.7. The van der Waals surface area contributed by atoms with Crippen LogP contribution in [0, 0.1) is 34.1 Å². The van der Waals surface area contributed by atoms with Gasteiger partial charge in [0.2, 0.25) is 0 Å². The lowest BCUT2D eigenvalue weighted by atomic mass is 9.63. The molecule has 21 heavy (non-hydrogen) atoms. The van der Waals surface area contributed by atoms with Crippen LogP contribution >= 0.6 is 0 Å². The monoisotopic (exact) mass is 303 g/mol. The highest BCUT2D eigenvalue weighted by Gasteiger charge is 2.39. The second-order valence-corrected chi connectivity index (χ2v) is 7.60. The molecule has 1 N–H and O–H groups in total. The minimum atomic E-state index is -1.38. The summed E-state index contributed by atoms with van der Waals surface area (Å²) < 4.78 is 54.0. The first-order chi connectivity index (χ1) is 9.51. The zero-order valence-corrected chi connectivity index (χ0v) is 12.8. The third-order valence-electron chi connectivity index (χ3n) is 4.02. The molecular formula is C16H21F4N. The van der Waals surface area contributed by atoms with Crippen LogP contribution < -0.4 is 5.32 Å². The van der Waals surface area contributed by atoms with Gasteiger partial charge in [0.25, 0.3) is 0 Å². The van der Waals surface area contributed by atoms with Crippen LogP contribution in [-0.2, 0) is 0 Å². The molecule has 0 spiro atoms. The van der Waals surface area contributed by atoms with Crippen molar-refractivity contribution in [2.75, 3.05) is 5.32 Å². The Kier molecular flexibility index (Phi) is 3.98. The molecule has 1 nitrogen and oxygen atoms in total. The molecular weight excluding hydrogens is 282 g/mol. The molecule has 0 aliphatic heterocycles. The molecule has 1 aromatic carbocycles. The first-order valence-electron chi connectivity index (χ1n) is 7.10. The van der Waals surface area contributed by atoms with Crippen molar-refractivity contribution in [2.45, 2.75) is 53.0 Å². The Balaban J connectivity index is 2.30. The van der Waals surface area contributed by atoms with Crippen molar-refractivity contribution in [1.82, 2.24) is 0 Å². The van der Waals surface area contributed by atoms with Gasteiger partial charge in [-0.3, -0.25) is 0 Å². The molecule has 1 aliphatic rings. The van der Waals surface area contributed by atoms with Gasteiger partial charge in [-0.05, 0) is 30.1 Å². The molecule has 1 aromatic rings. The van der Waals surface area contributed by atoms with Crippen LogP contribution in [-0.4, -0.2) is 6.04 Å². The zero-order chi connectivity index (χ0) is 16.0. The molecule has 118 valence electrons. The number of anilines is 1. The highest BCUT2D eigenvalue weighted by Crippen LogP contribution is 2.46. The molecule has 0 atom stereocenters. The summed E-state index contributed by atoms with van der Waals surface area (Å²) in [5, 5.41) is 2.68. The summed E-state index contributed by atoms with van der Waals surface area (Å²) in [6.07, 6.45) is 2.36. The van der Waals surface area contributed by atoms with Gasteiger partial charge in [-0.25, -0.2) is 17.6 Å². The van der Waals surface area contributed by atoms with Crippen LogP contribution in [0.1, 0.15) is 47.0 Å². The van der Waals surface area contributed by atoms with Crippen LogP contribution in [0.25, 0.3) is 0 Å². The summed E-state index contributed by atoms with van der Waals surface area (Å²) in [5.74, 6) is -5.50. The lowest BCUT2D eigenvalue weighted by molar-refractivity contribution is 0.105. The Labute approximate surface area is 122 Å². The minimum Gasteiger partial charge on any atom is -0.377 e. The summed E-state index contributed by atoms with van der Waals surface area (Å²) >= 11 is 0. The van der Waals surface area contributed by atoms with Crippen molar-refractivity contribution in [3.05, 3.63) is 29.3 Å². The zero-order valence-electron chi connectivity index (χ0n) is 12.8. The summed E-state index contributed by atoms with van der Waals surface area (Å²) in [6.45, 7) is 8.34. The van der Waals surface area contributed by atoms with E-state index in [4.69, 9.17) is 0 Å². The largest absolute Gasteiger partial charge is 0.377 e. The summed E-state index contributed by atoms with van der Waals surface area (Å²) in [7, 11) is 0. The molecule has 5 heteroatoms. The van der Waals surface area contributed by atoms with Gasteiger partial charge in [0, 0.05) is 12.1 Å². The van der Waals surface area contributed by atoms with Crippen molar-refractivity contribution in [2.24, 2.45) is 10.8 Å². The predicted molar refractivity (Wildman–Crippen MR) is 75.1 cm³/mol. The fourth-order valence-electron chi connectivity index (χ4n) is 3.85. The van der Waals surface area contributed by atoms with Crippen LogP contribution in [0.5, 0.6) is 0 Å². The van der Waals surface area contributed by atoms with E-state index in [9.17, 15) is 17.6 Å². The lowest BCUT2D eigenvalue weighted by Gasteiger charge is -2.45. The van der Waals surface area contributed by atoms with Crippen molar-refractivity contribution in [3.63, 3.8) is 0 Å². The Hall–Kier alpha value is -1.26. The molecule has 0 bridgehead atoms. The summed E-state index contributed by atoms with van der Waals surface area (Å²) in [6, 6.07) is -0.00105. The average molecular weight is 303 g/mol. The van der Waals surface area contributed by atoms with E-state index in [-0.39, 0.29) is 22.9 Å². The van der Waals surface area contributed by atoms with E-state index in [0.717, 1.165) is 6.42 Å². The highest BCUT2D eigenvalue weighted by atomic mass is 19.2. The van der Waals surface area contributed by atoms with Gasteiger partial charge >= 0.3 is 0 Å². The van der Waals surface area contributed by atoms with E-state index in [1.807, 2.05) is 0 Å². The van der Waals surface area contributed by atoms with Crippen molar-refractivity contribution in [1.29, 1.82) is 0 Å². The number of nitrogens with one attached hydrogen (secondary N) is 1. The Morgan fingerprint density at radius 1 is 0.905 bits per heavy atom. The molecule has 2 rings (SSSR count). The average Bonchev–Trinajstić information content (AvgIpc) is 2.28. The van der Waals surface area contributed by atoms with Gasteiger partial charge in [-0.1, -0.05) is 27.7 Å². The molecule has 0 saturated heterocycles. The van der Waals surface area contributed by atoms with E-state index < -0.39 is 29.0 Å². The molecule has 0 aromatic heterocycles. The van der Waals surface area contributed by atoms with Gasteiger partial charge in [0.15, 0.2) is 23.3 Å². The van der Waals surface area contributed by atoms with Crippen molar-refractivity contribution < 1.29 is 17.6 Å². The van der Waals surface area contributed by atoms with Gasteiger partial charge in [0.05, 0.1) is 0 Å². The molecule has 0 amide bonds. The topological polar surface area (TPSA) is 12.0 Å². The summed E-state index contributed by atoms with van der Waals surface area (Å²) in [4.78, 5) is 0. The highest BCUT2D eigenvalue weighted by molar-refractivity contribution is 5.48. The van der Waals surface area contributed by atoms with Crippen molar-refractivity contribution in [3.8, 4) is 0 Å². The fraction of sp³-hybridized carbons (Fsp3) is 0.625. The third kappa shape index (κ3) is 3.50. The smallest absolute Gasteiger partial charge is 0.185 e. The number of hydrogen-bond donors (Lipinski definition) is 1. The molecule has 0 radical (unpaired) electrons. The van der Waals surface area contributed by atoms with Gasteiger partial charge in [-0.2, -0.15) is 0 Å². The second kappa shape index (κ2) is 5.18. The number of benzene rings is 1.